The van der Waals surface area contributed by atoms with E-state index in [1.165, 1.54) is 6.42 Å². The summed E-state index contributed by atoms with van der Waals surface area (Å²) in [5.41, 5.74) is 7.41. The second kappa shape index (κ2) is 4.88. The summed E-state index contributed by atoms with van der Waals surface area (Å²) in [5.74, 6) is 0.380. The molecule has 2 fully saturated rings. The third kappa shape index (κ3) is 2.41. The van der Waals surface area contributed by atoms with Crippen molar-refractivity contribution in [1.29, 1.82) is 0 Å². The number of nitrogens with zero attached hydrogens (tertiary/aromatic N) is 1. The molecular weight excluding hydrogens is 260 g/mol. The van der Waals surface area contributed by atoms with Gasteiger partial charge in [0.2, 0.25) is 0 Å². The molecule has 4 heteroatoms. The molecule has 3 rings (SSSR count). The average Bonchev–Trinajstić information content (AvgIpc) is 2.38. The quantitative estimate of drug-likeness (QED) is 0.778. The number of hydrogen-bond donors (Lipinski definition) is 2. The molecule has 1 saturated carbocycles. The Balaban J connectivity index is 1.80. The zero-order valence-corrected chi connectivity index (χ0v) is 11.9. The topological polar surface area (TPSA) is 49.5 Å². The van der Waals surface area contributed by atoms with E-state index in [1.807, 2.05) is 12.1 Å². The molecule has 0 bridgehead atoms. The van der Waals surface area contributed by atoms with Crippen LogP contribution in [0.25, 0.3) is 0 Å². The first-order valence-electron chi connectivity index (χ1n) is 7.11. The van der Waals surface area contributed by atoms with E-state index in [0.717, 1.165) is 50.1 Å². The highest BCUT2D eigenvalue weighted by Gasteiger charge is 2.42. The first-order chi connectivity index (χ1) is 9.08. The maximum atomic E-state index is 10.7. The van der Waals surface area contributed by atoms with Gasteiger partial charge in [0.25, 0.3) is 0 Å². The largest absolute Gasteiger partial charge is 0.397 e. The van der Waals surface area contributed by atoms with Crippen LogP contribution in [0.15, 0.2) is 18.2 Å². The first-order valence-corrected chi connectivity index (χ1v) is 7.49. The summed E-state index contributed by atoms with van der Waals surface area (Å²) in [6.07, 6.45) is 5.33. The van der Waals surface area contributed by atoms with Crippen molar-refractivity contribution in [2.75, 3.05) is 23.7 Å². The van der Waals surface area contributed by atoms with E-state index in [0.29, 0.717) is 10.9 Å². The fourth-order valence-electron chi connectivity index (χ4n) is 3.60. The number of halogens is 1. The summed E-state index contributed by atoms with van der Waals surface area (Å²) < 4.78 is 0. The fraction of sp³-hybridized carbons (Fsp3) is 0.600. The molecule has 19 heavy (non-hydrogen) atoms. The Labute approximate surface area is 119 Å². The SMILES string of the molecule is Nc1cc(Cl)ccc1N1CCC2(O)CCCCC2C1. The number of benzene rings is 1. The van der Waals surface area contributed by atoms with E-state index < -0.39 is 5.60 Å². The second-order valence-corrected chi connectivity index (χ2v) is 6.38. The molecule has 1 aromatic rings. The Hall–Kier alpha value is -0.930. The zero-order chi connectivity index (χ0) is 13.5. The van der Waals surface area contributed by atoms with Crippen LogP contribution in [0.5, 0.6) is 0 Å². The smallest absolute Gasteiger partial charge is 0.0709 e. The molecule has 0 amide bonds. The third-order valence-electron chi connectivity index (χ3n) is 4.76. The molecular formula is C15H21ClN2O. The van der Waals surface area contributed by atoms with Gasteiger partial charge in [-0.2, -0.15) is 0 Å². The maximum Gasteiger partial charge on any atom is 0.0709 e. The van der Waals surface area contributed by atoms with Gasteiger partial charge in [0, 0.05) is 24.0 Å². The summed E-state index contributed by atoms with van der Waals surface area (Å²) >= 11 is 5.95. The molecule has 2 aliphatic rings. The van der Waals surface area contributed by atoms with Gasteiger partial charge in [0.15, 0.2) is 0 Å². The van der Waals surface area contributed by atoms with Crippen molar-refractivity contribution in [3.05, 3.63) is 23.2 Å². The van der Waals surface area contributed by atoms with E-state index in [1.54, 1.807) is 6.07 Å². The van der Waals surface area contributed by atoms with Gasteiger partial charge in [-0.05, 0) is 37.5 Å². The Morgan fingerprint density at radius 3 is 2.95 bits per heavy atom. The van der Waals surface area contributed by atoms with Gasteiger partial charge in [-0.1, -0.05) is 24.4 Å². The van der Waals surface area contributed by atoms with Crippen molar-refractivity contribution in [2.45, 2.75) is 37.7 Å². The highest BCUT2D eigenvalue weighted by atomic mass is 35.5. The molecule has 3 N–H and O–H groups in total. The number of hydrogen-bond acceptors (Lipinski definition) is 3. The number of nitrogens with two attached hydrogens (primary N) is 1. The third-order valence-corrected chi connectivity index (χ3v) is 4.99. The first kappa shape index (κ1) is 13.1. The average molecular weight is 281 g/mol. The predicted molar refractivity (Wildman–Crippen MR) is 79.6 cm³/mol. The van der Waals surface area contributed by atoms with Crippen LogP contribution in [0.3, 0.4) is 0 Å². The maximum absolute atomic E-state index is 10.7. The van der Waals surface area contributed by atoms with Gasteiger partial charge >= 0.3 is 0 Å². The number of piperidine rings is 1. The lowest BCUT2D eigenvalue weighted by Gasteiger charge is -2.48. The standard InChI is InChI=1S/C15H21ClN2O/c16-12-4-5-14(13(17)9-12)18-8-7-15(19)6-2-1-3-11(15)10-18/h4-5,9,11,19H,1-3,6-8,10,17H2. The zero-order valence-electron chi connectivity index (χ0n) is 11.1. The summed E-state index contributed by atoms with van der Waals surface area (Å²) in [6.45, 7) is 1.78. The van der Waals surface area contributed by atoms with Crippen molar-refractivity contribution in [1.82, 2.24) is 0 Å². The van der Waals surface area contributed by atoms with E-state index in [4.69, 9.17) is 17.3 Å². The van der Waals surface area contributed by atoms with Crippen molar-refractivity contribution < 1.29 is 5.11 Å². The number of rotatable bonds is 1. The van der Waals surface area contributed by atoms with Crippen molar-refractivity contribution in [2.24, 2.45) is 5.92 Å². The molecule has 2 atom stereocenters. The van der Waals surface area contributed by atoms with Crippen LogP contribution in [-0.4, -0.2) is 23.8 Å². The van der Waals surface area contributed by atoms with Crippen LogP contribution in [-0.2, 0) is 0 Å². The molecule has 104 valence electrons. The highest BCUT2D eigenvalue weighted by molar-refractivity contribution is 6.31. The minimum absolute atomic E-state index is 0.380. The number of nitrogen functional groups attached to an aromatic ring is 1. The van der Waals surface area contributed by atoms with Crippen molar-refractivity contribution in [3.8, 4) is 0 Å². The molecule has 0 aromatic heterocycles. The van der Waals surface area contributed by atoms with Crippen LogP contribution in [0.2, 0.25) is 5.02 Å². The van der Waals surface area contributed by atoms with Gasteiger partial charge in [-0.3, -0.25) is 0 Å². The molecule has 1 aliphatic carbocycles. The number of fused-ring (bicyclic) bond motifs is 1. The molecule has 1 saturated heterocycles. The summed E-state index contributed by atoms with van der Waals surface area (Å²) in [6, 6.07) is 5.68. The second-order valence-electron chi connectivity index (χ2n) is 5.95. The van der Waals surface area contributed by atoms with Gasteiger partial charge in [0.05, 0.1) is 17.0 Å². The van der Waals surface area contributed by atoms with Crippen LogP contribution in [0.1, 0.15) is 32.1 Å². The van der Waals surface area contributed by atoms with Crippen LogP contribution < -0.4 is 10.6 Å². The van der Waals surface area contributed by atoms with Crippen LogP contribution >= 0.6 is 11.6 Å². The predicted octanol–water partition coefficient (Wildman–Crippen LogP) is 3.05. The van der Waals surface area contributed by atoms with Gasteiger partial charge in [-0.25, -0.2) is 0 Å². The molecule has 2 unspecified atom stereocenters. The van der Waals surface area contributed by atoms with E-state index in [2.05, 4.69) is 4.90 Å². The van der Waals surface area contributed by atoms with Crippen molar-refractivity contribution in [3.63, 3.8) is 0 Å². The van der Waals surface area contributed by atoms with Gasteiger partial charge in [-0.15, -0.1) is 0 Å². The lowest BCUT2D eigenvalue weighted by molar-refractivity contribution is -0.0612. The van der Waals surface area contributed by atoms with Crippen LogP contribution in [0, 0.1) is 5.92 Å². The Kier molecular flexibility index (Phi) is 3.35. The lowest BCUT2D eigenvalue weighted by atomic mass is 9.71. The highest BCUT2D eigenvalue weighted by Crippen LogP contribution is 2.41. The minimum atomic E-state index is -0.435. The van der Waals surface area contributed by atoms with E-state index >= 15 is 0 Å². The summed E-state index contributed by atoms with van der Waals surface area (Å²) in [7, 11) is 0. The van der Waals surface area contributed by atoms with Gasteiger partial charge in [0.1, 0.15) is 0 Å². The monoisotopic (exact) mass is 280 g/mol. The fourth-order valence-corrected chi connectivity index (χ4v) is 3.78. The molecule has 1 aliphatic heterocycles. The molecule has 0 spiro atoms. The lowest BCUT2D eigenvalue weighted by Crippen LogP contribution is -2.53. The summed E-state index contributed by atoms with van der Waals surface area (Å²) in [4.78, 5) is 2.30. The minimum Gasteiger partial charge on any atom is -0.397 e. The van der Waals surface area contributed by atoms with Gasteiger partial charge < -0.3 is 15.7 Å². The number of aliphatic hydroxyl groups is 1. The van der Waals surface area contributed by atoms with E-state index in [9.17, 15) is 5.11 Å². The molecule has 1 aromatic carbocycles. The Morgan fingerprint density at radius 2 is 2.16 bits per heavy atom. The Morgan fingerprint density at radius 1 is 1.32 bits per heavy atom. The normalized spacial score (nSPS) is 31.1. The number of anilines is 2. The summed E-state index contributed by atoms with van der Waals surface area (Å²) in [5, 5.41) is 11.4. The van der Waals surface area contributed by atoms with E-state index in [-0.39, 0.29) is 0 Å². The van der Waals surface area contributed by atoms with Crippen molar-refractivity contribution >= 4 is 23.0 Å². The molecule has 3 nitrogen and oxygen atoms in total. The molecule has 0 radical (unpaired) electrons. The Bertz CT molecular complexity index is 479. The van der Waals surface area contributed by atoms with Crippen LogP contribution in [0.4, 0.5) is 11.4 Å². The molecule has 1 heterocycles.